The lowest BCUT2D eigenvalue weighted by Crippen LogP contribution is -2.52. The first-order valence-corrected chi connectivity index (χ1v) is 14.4. The van der Waals surface area contributed by atoms with Crippen LogP contribution in [0, 0.1) is 5.92 Å². The van der Waals surface area contributed by atoms with Gasteiger partial charge in [-0.2, -0.15) is 4.98 Å². The summed E-state index contributed by atoms with van der Waals surface area (Å²) in [5, 5.41) is 3.33. The Bertz CT molecular complexity index is 1150. The zero-order chi connectivity index (χ0) is 26.1. The van der Waals surface area contributed by atoms with Crippen molar-refractivity contribution in [2.45, 2.75) is 63.6 Å². The molecule has 6 rings (SSSR count). The largest absolute Gasteiger partial charge is 0.376 e. The van der Waals surface area contributed by atoms with Gasteiger partial charge < -0.3 is 30.5 Å². The number of piperazine rings is 1. The van der Waals surface area contributed by atoms with Crippen LogP contribution in [0.3, 0.4) is 0 Å². The third-order valence-electron chi connectivity index (χ3n) is 8.61. The summed E-state index contributed by atoms with van der Waals surface area (Å²) in [5.41, 5.74) is 10.4. The number of nitrogen functional groups attached to an aromatic ring is 1. The van der Waals surface area contributed by atoms with Crippen LogP contribution < -0.4 is 16.0 Å². The lowest BCUT2D eigenvalue weighted by atomic mass is 9.92. The molecule has 0 radical (unpaired) electrons. The molecule has 38 heavy (non-hydrogen) atoms. The average molecular weight is 520 g/mol. The zero-order valence-electron chi connectivity index (χ0n) is 22.6. The molecule has 2 aromatic rings. The van der Waals surface area contributed by atoms with Gasteiger partial charge in [0, 0.05) is 57.5 Å². The van der Waals surface area contributed by atoms with E-state index in [1.807, 2.05) is 11.0 Å². The van der Waals surface area contributed by atoms with Crippen molar-refractivity contribution in [1.82, 2.24) is 25.1 Å². The summed E-state index contributed by atoms with van der Waals surface area (Å²) in [7, 11) is 2.14. The Hall–Kier alpha value is -2.91. The lowest BCUT2D eigenvalue weighted by Gasteiger charge is -2.35. The van der Waals surface area contributed by atoms with Crippen LogP contribution in [-0.2, 0) is 17.7 Å². The maximum atomic E-state index is 13.3. The second kappa shape index (κ2) is 11.1. The monoisotopic (exact) mass is 519 g/mol. The van der Waals surface area contributed by atoms with Crippen molar-refractivity contribution in [2.75, 3.05) is 57.0 Å². The van der Waals surface area contributed by atoms with E-state index in [-0.39, 0.29) is 18.2 Å². The third-order valence-corrected chi connectivity index (χ3v) is 8.61. The van der Waals surface area contributed by atoms with Crippen LogP contribution in [-0.4, -0.2) is 84.3 Å². The Balaban J connectivity index is 1.14. The SMILES string of the molecule is CN1CCN(c2cc(-c3ccc4c(c3)CN(C(=O)N[C@@H]3CCCC[C@@H]3OCC3CC3)CC4)nc(N)n2)CC1. The van der Waals surface area contributed by atoms with Crippen LogP contribution >= 0.6 is 0 Å². The minimum Gasteiger partial charge on any atom is -0.376 e. The Kier molecular flexibility index (Phi) is 7.39. The second-order valence-corrected chi connectivity index (χ2v) is 11.6. The molecule has 3 fully saturated rings. The summed E-state index contributed by atoms with van der Waals surface area (Å²) in [4.78, 5) is 29.0. The molecule has 9 heteroatoms. The number of benzene rings is 1. The van der Waals surface area contributed by atoms with Gasteiger partial charge in [0.15, 0.2) is 0 Å². The maximum absolute atomic E-state index is 13.3. The molecule has 2 amide bonds. The number of carbonyl (C=O) groups is 1. The van der Waals surface area contributed by atoms with E-state index in [0.717, 1.165) is 88.0 Å². The Morgan fingerprint density at radius 3 is 2.66 bits per heavy atom. The molecule has 0 unspecified atom stereocenters. The lowest BCUT2D eigenvalue weighted by molar-refractivity contribution is 0.00128. The molecule has 2 aliphatic carbocycles. The number of fused-ring (bicyclic) bond motifs is 1. The maximum Gasteiger partial charge on any atom is 0.318 e. The number of ether oxygens (including phenoxy) is 1. The third kappa shape index (κ3) is 5.89. The second-order valence-electron chi connectivity index (χ2n) is 11.6. The van der Waals surface area contributed by atoms with Crippen LogP contribution in [0.2, 0.25) is 0 Å². The minimum atomic E-state index is 0.0246. The first kappa shape index (κ1) is 25.4. The number of nitrogens with two attached hydrogens (primary N) is 1. The van der Waals surface area contributed by atoms with E-state index < -0.39 is 0 Å². The van der Waals surface area contributed by atoms with Gasteiger partial charge in [-0.15, -0.1) is 0 Å². The van der Waals surface area contributed by atoms with Crippen molar-refractivity contribution < 1.29 is 9.53 Å². The van der Waals surface area contributed by atoms with Crippen molar-refractivity contribution in [3.05, 3.63) is 35.4 Å². The highest BCUT2D eigenvalue weighted by Crippen LogP contribution is 2.32. The van der Waals surface area contributed by atoms with Gasteiger partial charge in [0.1, 0.15) is 5.82 Å². The standard InChI is InChI=1S/C29H41N7O2/c1-34-12-14-35(15-13-34)27-17-25(31-28(30)33-27)22-9-8-21-10-11-36(18-23(21)16-22)29(37)32-24-4-2-3-5-26(24)38-19-20-6-7-20/h8-9,16-17,20,24,26H,2-7,10-15,18-19H2,1H3,(H,32,37)(H2,30,31,33)/t24-,26+/m1/s1. The molecular formula is C29H41N7O2. The Labute approximate surface area is 225 Å². The van der Waals surface area contributed by atoms with E-state index in [2.05, 4.69) is 50.3 Å². The first-order valence-electron chi connectivity index (χ1n) is 14.4. The van der Waals surface area contributed by atoms with Gasteiger partial charge in [-0.25, -0.2) is 9.78 Å². The van der Waals surface area contributed by atoms with Gasteiger partial charge in [0.25, 0.3) is 0 Å². The molecule has 0 spiro atoms. The number of amides is 2. The molecule has 3 heterocycles. The molecule has 2 saturated carbocycles. The topological polar surface area (TPSA) is 99.8 Å². The molecule has 2 aliphatic heterocycles. The first-order chi connectivity index (χ1) is 18.5. The number of nitrogens with zero attached hydrogens (tertiary/aromatic N) is 5. The van der Waals surface area contributed by atoms with E-state index >= 15 is 0 Å². The van der Waals surface area contributed by atoms with Crippen LogP contribution in [0.25, 0.3) is 11.3 Å². The fourth-order valence-electron chi connectivity index (χ4n) is 5.94. The summed E-state index contributed by atoms with van der Waals surface area (Å²) in [5.74, 6) is 1.91. The van der Waals surface area contributed by atoms with Gasteiger partial charge >= 0.3 is 6.03 Å². The predicted octanol–water partition coefficient (Wildman–Crippen LogP) is 3.28. The van der Waals surface area contributed by atoms with E-state index in [0.29, 0.717) is 12.5 Å². The number of anilines is 2. The molecule has 0 bridgehead atoms. The number of carbonyl (C=O) groups excluding carboxylic acids is 1. The summed E-state index contributed by atoms with van der Waals surface area (Å²) in [6, 6.07) is 8.65. The number of aromatic nitrogens is 2. The van der Waals surface area contributed by atoms with Gasteiger partial charge in [0.2, 0.25) is 5.95 Å². The Morgan fingerprint density at radius 2 is 1.84 bits per heavy atom. The number of urea groups is 1. The number of likely N-dealkylation sites (N-methyl/N-ethyl adjacent to an activating group) is 1. The van der Waals surface area contributed by atoms with Crippen molar-refractivity contribution in [3.8, 4) is 11.3 Å². The quantitative estimate of drug-likeness (QED) is 0.604. The normalized spacial score (nSPS) is 24.2. The number of hydrogen-bond donors (Lipinski definition) is 2. The van der Waals surface area contributed by atoms with Gasteiger partial charge in [0.05, 0.1) is 17.8 Å². The van der Waals surface area contributed by atoms with Crippen molar-refractivity contribution in [1.29, 1.82) is 0 Å². The highest BCUT2D eigenvalue weighted by Gasteiger charge is 2.32. The molecule has 204 valence electrons. The molecule has 2 atom stereocenters. The fourth-order valence-corrected chi connectivity index (χ4v) is 5.94. The Morgan fingerprint density at radius 1 is 1.03 bits per heavy atom. The van der Waals surface area contributed by atoms with E-state index in [1.54, 1.807) is 0 Å². The summed E-state index contributed by atoms with van der Waals surface area (Å²) < 4.78 is 6.24. The highest BCUT2D eigenvalue weighted by atomic mass is 16.5. The molecule has 4 aliphatic rings. The minimum absolute atomic E-state index is 0.0246. The van der Waals surface area contributed by atoms with E-state index in [1.165, 1.54) is 30.4 Å². The number of hydrogen-bond acceptors (Lipinski definition) is 7. The molecule has 3 N–H and O–H groups in total. The number of rotatable bonds is 6. The van der Waals surface area contributed by atoms with Crippen LogP contribution in [0.5, 0.6) is 0 Å². The smallest absolute Gasteiger partial charge is 0.318 e. The van der Waals surface area contributed by atoms with Gasteiger partial charge in [-0.1, -0.05) is 25.0 Å². The number of nitrogens with one attached hydrogen (secondary N) is 1. The fraction of sp³-hybridized carbons (Fsp3) is 0.621. The van der Waals surface area contributed by atoms with Crippen molar-refractivity contribution >= 4 is 17.8 Å². The molecular weight excluding hydrogens is 478 g/mol. The van der Waals surface area contributed by atoms with Gasteiger partial charge in [-0.3, -0.25) is 0 Å². The predicted molar refractivity (Wildman–Crippen MR) is 149 cm³/mol. The summed E-state index contributed by atoms with van der Waals surface area (Å²) in [6.45, 7) is 6.03. The molecule has 1 aromatic carbocycles. The van der Waals surface area contributed by atoms with E-state index in [9.17, 15) is 4.79 Å². The van der Waals surface area contributed by atoms with Crippen molar-refractivity contribution in [2.24, 2.45) is 5.92 Å². The summed E-state index contributed by atoms with van der Waals surface area (Å²) >= 11 is 0. The zero-order valence-corrected chi connectivity index (χ0v) is 22.6. The molecule has 9 nitrogen and oxygen atoms in total. The highest BCUT2D eigenvalue weighted by molar-refractivity contribution is 5.75. The average Bonchev–Trinajstić information content (AvgIpc) is 3.77. The van der Waals surface area contributed by atoms with Crippen LogP contribution in [0.15, 0.2) is 24.3 Å². The van der Waals surface area contributed by atoms with Crippen LogP contribution in [0.1, 0.15) is 49.7 Å². The molecule has 1 aromatic heterocycles. The molecule has 1 saturated heterocycles. The van der Waals surface area contributed by atoms with Crippen LogP contribution in [0.4, 0.5) is 16.6 Å². The van der Waals surface area contributed by atoms with Crippen molar-refractivity contribution in [3.63, 3.8) is 0 Å². The van der Waals surface area contributed by atoms with E-state index in [4.69, 9.17) is 10.5 Å². The van der Waals surface area contributed by atoms with Gasteiger partial charge in [-0.05, 0) is 62.3 Å². The summed E-state index contributed by atoms with van der Waals surface area (Å²) in [6.07, 6.45) is 7.96.